The third-order valence-electron chi connectivity index (χ3n) is 1.90. The molecule has 2 N–H and O–H groups in total. The van der Waals surface area contributed by atoms with Crippen LogP contribution in [0.3, 0.4) is 0 Å². The summed E-state index contributed by atoms with van der Waals surface area (Å²) >= 11 is 0. The van der Waals surface area contributed by atoms with E-state index in [1.54, 1.807) is 0 Å². The Bertz CT molecular complexity index is 121. The molecule has 0 aromatic heterocycles. The maximum atomic E-state index is 10.6. The van der Waals surface area contributed by atoms with Crippen LogP contribution in [-0.2, 0) is 4.79 Å². The topological polar surface area (TPSA) is 43.1 Å². The Hall–Kier alpha value is -0.530. The average Bonchev–Trinajstić information content (AvgIpc) is 1.86. The summed E-state index contributed by atoms with van der Waals surface area (Å²) in [6, 6.07) is 0. The van der Waals surface area contributed by atoms with Crippen LogP contribution < -0.4 is 5.73 Å². The summed E-state index contributed by atoms with van der Waals surface area (Å²) < 4.78 is 0. The van der Waals surface area contributed by atoms with E-state index in [0.29, 0.717) is 0 Å². The van der Waals surface area contributed by atoms with Crippen LogP contribution in [0.25, 0.3) is 0 Å². The summed E-state index contributed by atoms with van der Waals surface area (Å²) in [5.74, 6) is 0.609. The summed E-state index contributed by atoms with van der Waals surface area (Å²) in [6.07, 6.45) is 3.24. The average molecular weight is 157 g/mol. The molecule has 66 valence electrons. The van der Waals surface area contributed by atoms with Gasteiger partial charge in [0.25, 0.3) is 0 Å². The van der Waals surface area contributed by atoms with Gasteiger partial charge >= 0.3 is 0 Å². The van der Waals surface area contributed by atoms with Crippen LogP contribution in [-0.4, -0.2) is 5.91 Å². The molecule has 2 heteroatoms. The van der Waals surface area contributed by atoms with Gasteiger partial charge in [-0.15, -0.1) is 0 Å². The zero-order valence-corrected chi connectivity index (χ0v) is 7.76. The normalized spacial score (nSPS) is 13.5. The minimum Gasteiger partial charge on any atom is -0.369 e. The number of primary amides is 1. The van der Waals surface area contributed by atoms with Crippen molar-refractivity contribution < 1.29 is 4.79 Å². The standard InChI is InChI=1S/C9H19NO/c1-7(2)5-4-6-8(3)9(10)11/h7-8H,4-6H2,1-3H3,(H2,10,11)/t8-/m1/s1. The lowest BCUT2D eigenvalue weighted by atomic mass is 9.99. The van der Waals surface area contributed by atoms with Crippen molar-refractivity contribution >= 4 is 5.91 Å². The molecule has 0 radical (unpaired) electrons. The molecule has 0 aromatic rings. The van der Waals surface area contributed by atoms with Gasteiger partial charge in [0.15, 0.2) is 0 Å². The van der Waals surface area contributed by atoms with Crippen LogP contribution in [0.4, 0.5) is 0 Å². The van der Waals surface area contributed by atoms with Gasteiger partial charge in [-0.2, -0.15) is 0 Å². The van der Waals surface area contributed by atoms with Gasteiger partial charge < -0.3 is 5.73 Å². The first-order valence-corrected chi connectivity index (χ1v) is 4.33. The van der Waals surface area contributed by atoms with Crippen molar-refractivity contribution in [2.45, 2.75) is 40.0 Å². The van der Waals surface area contributed by atoms with Crippen molar-refractivity contribution in [3.63, 3.8) is 0 Å². The molecule has 0 saturated carbocycles. The number of rotatable bonds is 5. The van der Waals surface area contributed by atoms with Gasteiger partial charge in [0.05, 0.1) is 0 Å². The fraction of sp³-hybridized carbons (Fsp3) is 0.889. The molecule has 0 bridgehead atoms. The highest BCUT2D eigenvalue weighted by atomic mass is 16.1. The summed E-state index contributed by atoms with van der Waals surface area (Å²) in [4.78, 5) is 10.6. The van der Waals surface area contributed by atoms with E-state index < -0.39 is 0 Å². The molecule has 0 aliphatic rings. The van der Waals surface area contributed by atoms with Gasteiger partial charge in [-0.1, -0.05) is 33.6 Å². The quantitative estimate of drug-likeness (QED) is 0.651. The van der Waals surface area contributed by atoms with E-state index in [9.17, 15) is 4.79 Å². The van der Waals surface area contributed by atoms with Crippen LogP contribution in [0.1, 0.15) is 40.0 Å². The second-order valence-electron chi connectivity index (χ2n) is 3.63. The molecule has 0 unspecified atom stereocenters. The molecule has 0 saturated heterocycles. The zero-order chi connectivity index (χ0) is 8.85. The van der Waals surface area contributed by atoms with E-state index in [4.69, 9.17) is 5.73 Å². The lowest BCUT2D eigenvalue weighted by Gasteiger charge is -2.07. The van der Waals surface area contributed by atoms with E-state index in [0.717, 1.165) is 18.8 Å². The zero-order valence-electron chi connectivity index (χ0n) is 7.76. The Morgan fingerprint density at radius 3 is 2.18 bits per heavy atom. The van der Waals surface area contributed by atoms with E-state index in [1.807, 2.05) is 6.92 Å². The Morgan fingerprint density at radius 1 is 1.27 bits per heavy atom. The smallest absolute Gasteiger partial charge is 0.220 e. The van der Waals surface area contributed by atoms with Crippen molar-refractivity contribution in [1.29, 1.82) is 0 Å². The van der Waals surface area contributed by atoms with Crippen molar-refractivity contribution in [1.82, 2.24) is 0 Å². The van der Waals surface area contributed by atoms with Crippen LogP contribution in [0, 0.1) is 11.8 Å². The van der Waals surface area contributed by atoms with Gasteiger partial charge in [-0.25, -0.2) is 0 Å². The van der Waals surface area contributed by atoms with Crippen LogP contribution in [0.15, 0.2) is 0 Å². The Kier molecular flexibility index (Phi) is 4.92. The van der Waals surface area contributed by atoms with Gasteiger partial charge in [0.1, 0.15) is 0 Å². The second kappa shape index (κ2) is 5.16. The molecule has 0 heterocycles. The maximum Gasteiger partial charge on any atom is 0.220 e. The molecule has 0 spiro atoms. The molecule has 1 amide bonds. The van der Waals surface area contributed by atoms with Crippen molar-refractivity contribution in [3.8, 4) is 0 Å². The Morgan fingerprint density at radius 2 is 1.82 bits per heavy atom. The fourth-order valence-electron chi connectivity index (χ4n) is 0.975. The maximum absolute atomic E-state index is 10.6. The summed E-state index contributed by atoms with van der Waals surface area (Å²) in [7, 11) is 0. The Balaban J connectivity index is 3.31. The summed E-state index contributed by atoms with van der Waals surface area (Å²) in [6.45, 7) is 6.27. The third-order valence-corrected chi connectivity index (χ3v) is 1.90. The summed E-state index contributed by atoms with van der Waals surface area (Å²) in [5.41, 5.74) is 5.11. The van der Waals surface area contributed by atoms with E-state index in [1.165, 1.54) is 6.42 Å². The number of hydrogen-bond acceptors (Lipinski definition) is 1. The van der Waals surface area contributed by atoms with E-state index in [2.05, 4.69) is 13.8 Å². The SMILES string of the molecule is CC(C)CCC[C@@H](C)C(N)=O. The monoisotopic (exact) mass is 157 g/mol. The lowest BCUT2D eigenvalue weighted by molar-refractivity contribution is -0.121. The first-order chi connectivity index (χ1) is 5.04. The van der Waals surface area contributed by atoms with Crippen molar-refractivity contribution in [2.75, 3.05) is 0 Å². The van der Waals surface area contributed by atoms with E-state index in [-0.39, 0.29) is 11.8 Å². The highest BCUT2D eigenvalue weighted by molar-refractivity contribution is 5.76. The molecular formula is C9H19NO. The predicted octanol–water partition coefficient (Wildman–Crippen LogP) is 1.93. The summed E-state index contributed by atoms with van der Waals surface area (Å²) in [5, 5.41) is 0. The van der Waals surface area contributed by atoms with Gasteiger partial charge in [-0.3, -0.25) is 4.79 Å². The number of amides is 1. The highest BCUT2D eigenvalue weighted by Crippen LogP contribution is 2.11. The second-order valence-corrected chi connectivity index (χ2v) is 3.63. The molecule has 11 heavy (non-hydrogen) atoms. The Labute approximate surface area is 69.2 Å². The largest absolute Gasteiger partial charge is 0.369 e. The van der Waals surface area contributed by atoms with Gasteiger partial charge in [0.2, 0.25) is 5.91 Å². The molecule has 1 atom stereocenters. The first-order valence-electron chi connectivity index (χ1n) is 4.33. The number of carbonyl (C=O) groups is 1. The fourth-order valence-corrected chi connectivity index (χ4v) is 0.975. The molecule has 0 fully saturated rings. The van der Waals surface area contributed by atoms with Gasteiger partial charge in [0, 0.05) is 5.92 Å². The molecule has 0 aliphatic heterocycles. The number of hydrogen-bond donors (Lipinski definition) is 1. The molecular weight excluding hydrogens is 138 g/mol. The molecule has 0 aromatic carbocycles. The molecule has 0 rings (SSSR count). The minimum absolute atomic E-state index is 0.0498. The molecule has 0 aliphatic carbocycles. The third kappa shape index (κ3) is 5.89. The molecule has 2 nitrogen and oxygen atoms in total. The van der Waals surface area contributed by atoms with Crippen LogP contribution >= 0.6 is 0 Å². The van der Waals surface area contributed by atoms with Crippen LogP contribution in [0.2, 0.25) is 0 Å². The van der Waals surface area contributed by atoms with E-state index >= 15 is 0 Å². The highest BCUT2D eigenvalue weighted by Gasteiger charge is 2.07. The van der Waals surface area contributed by atoms with Crippen molar-refractivity contribution in [2.24, 2.45) is 17.6 Å². The van der Waals surface area contributed by atoms with Crippen LogP contribution in [0.5, 0.6) is 0 Å². The van der Waals surface area contributed by atoms with Gasteiger partial charge in [-0.05, 0) is 12.3 Å². The first kappa shape index (κ1) is 10.5. The predicted molar refractivity (Wildman–Crippen MR) is 47.0 cm³/mol. The minimum atomic E-state index is -0.172. The van der Waals surface area contributed by atoms with Crippen molar-refractivity contribution in [3.05, 3.63) is 0 Å². The number of carbonyl (C=O) groups excluding carboxylic acids is 1. The number of nitrogens with two attached hydrogens (primary N) is 1. The lowest BCUT2D eigenvalue weighted by Crippen LogP contribution is -2.20.